The first kappa shape index (κ1) is 44.5. The standard InChI is InChI=1S/C14H31O4P.6CH4/c1-7-13(4,5)12-14(6,8-2)10-11-18-19(15,16)17-9-3;;;;;;/h7-12H2,1-6H3,(H,15,16);6*1H4/p-1. The lowest BCUT2D eigenvalue weighted by atomic mass is 9.70. The first-order valence-corrected chi connectivity index (χ1v) is 8.66. The van der Waals surface area contributed by atoms with Crippen LogP contribution in [0.15, 0.2) is 0 Å². The highest BCUT2D eigenvalue weighted by Crippen LogP contribution is 2.43. The Morgan fingerprint density at radius 2 is 1.28 bits per heavy atom. The van der Waals surface area contributed by atoms with Crippen LogP contribution < -0.4 is 4.89 Å². The van der Waals surface area contributed by atoms with Crippen LogP contribution in [-0.2, 0) is 13.6 Å². The number of hydrogen-bond donors (Lipinski definition) is 0. The van der Waals surface area contributed by atoms with Gasteiger partial charge in [0, 0.05) is 0 Å². The molecule has 0 aliphatic heterocycles. The van der Waals surface area contributed by atoms with E-state index >= 15 is 0 Å². The van der Waals surface area contributed by atoms with E-state index in [9.17, 15) is 9.46 Å². The monoisotopic (exact) mass is 389 g/mol. The molecule has 0 aliphatic rings. The van der Waals surface area contributed by atoms with Gasteiger partial charge in [-0.25, -0.2) is 0 Å². The predicted molar refractivity (Wildman–Crippen MR) is 117 cm³/mol. The van der Waals surface area contributed by atoms with Gasteiger partial charge >= 0.3 is 0 Å². The van der Waals surface area contributed by atoms with Gasteiger partial charge in [0.05, 0.1) is 13.2 Å². The van der Waals surface area contributed by atoms with E-state index in [0.717, 1.165) is 25.7 Å². The summed E-state index contributed by atoms with van der Waals surface area (Å²) in [6, 6.07) is 0. The van der Waals surface area contributed by atoms with Gasteiger partial charge in [-0.1, -0.05) is 92.0 Å². The van der Waals surface area contributed by atoms with Crippen molar-refractivity contribution in [2.75, 3.05) is 13.2 Å². The molecule has 4 nitrogen and oxygen atoms in total. The number of rotatable bonds is 10. The maximum absolute atomic E-state index is 11.3. The van der Waals surface area contributed by atoms with E-state index in [4.69, 9.17) is 4.52 Å². The fourth-order valence-corrected chi connectivity index (χ4v) is 2.98. The van der Waals surface area contributed by atoms with E-state index in [1.54, 1.807) is 6.92 Å². The van der Waals surface area contributed by atoms with E-state index in [0.29, 0.717) is 0 Å². The quantitative estimate of drug-likeness (QED) is 0.355. The third-order valence-corrected chi connectivity index (χ3v) is 5.03. The minimum absolute atomic E-state index is 0. The minimum Gasteiger partial charge on any atom is -0.756 e. The lowest BCUT2D eigenvalue weighted by molar-refractivity contribution is -0.225. The Balaban J connectivity index is -0.000000108. The second-order valence-electron chi connectivity index (χ2n) is 6.31. The molecule has 5 heteroatoms. The predicted octanol–water partition coefficient (Wildman–Crippen LogP) is 7.96. The van der Waals surface area contributed by atoms with Gasteiger partial charge in [-0.3, -0.25) is 4.57 Å². The second-order valence-corrected chi connectivity index (χ2v) is 7.72. The van der Waals surface area contributed by atoms with Gasteiger partial charge in [-0.2, -0.15) is 0 Å². The molecule has 0 heterocycles. The van der Waals surface area contributed by atoms with Crippen molar-refractivity contribution in [3.8, 4) is 0 Å². The third-order valence-electron chi connectivity index (χ3n) is 3.96. The first-order valence-electron chi connectivity index (χ1n) is 7.20. The zero-order chi connectivity index (χ0) is 15.2. The summed E-state index contributed by atoms with van der Waals surface area (Å²) in [5, 5.41) is 0. The van der Waals surface area contributed by atoms with Crippen molar-refractivity contribution in [3.05, 3.63) is 0 Å². The molecule has 0 rings (SSSR count). The first-order chi connectivity index (χ1) is 8.60. The van der Waals surface area contributed by atoms with Gasteiger partial charge in [0.2, 0.25) is 0 Å². The molecular weight excluding hydrogens is 335 g/mol. The Kier molecular flexibility index (Phi) is 33.6. The van der Waals surface area contributed by atoms with Gasteiger partial charge in [-0.15, -0.1) is 0 Å². The maximum Gasteiger partial charge on any atom is 0.267 e. The van der Waals surface area contributed by atoms with Gasteiger partial charge < -0.3 is 13.9 Å². The van der Waals surface area contributed by atoms with Crippen LogP contribution in [0.3, 0.4) is 0 Å². The zero-order valence-electron chi connectivity index (χ0n) is 13.3. The topological polar surface area (TPSA) is 58.6 Å². The average molecular weight is 390 g/mol. The highest BCUT2D eigenvalue weighted by atomic mass is 31.2. The Bertz CT molecular complexity index is 306. The van der Waals surface area contributed by atoms with Crippen molar-refractivity contribution in [2.45, 2.75) is 112 Å². The van der Waals surface area contributed by atoms with Crippen LogP contribution in [-0.4, -0.2) is 13.2 Å². The normalized spacial score (nSPS) is 14.4. The number of phosphoric ester groups is 1. The molecular formula is C20H54O4P-. The van der Waals surface area contributed by atoms with Crippen LogP contribution in [0.4, 0.5) is 0 Å². The van der Waals surface area contributed by atoms with Gasteiger partial charge in [0.1, 0.15) is 0 Å². The molecule has 0 aromatic rings. The molecule has 0 aliphatic carbocycles. The van der Waals surface area contributed by atoms with Crippen LogP contribution >= 0.6 is 7.82 Å². The Hall–Kier alpha value is 0.110. The SMILES string of the molecule is C.C.C.C.C.C.CCOP(=O)([O-])OCCC(C)(CC)CC(C)(C)CC. The summed E-state index contributed by atoms with van der Waals surface area (Å²) in [7, 11) is -4.10. The van der Waals surface area contributed by atoms with Crippen molar-refractivity contribution in [2.24, 2.45) is 10.8 Å². The van der Waals surface area contributed by atoms with Gasteiger partial charge in [0.25, 0.3) is 7.82 Å². The Labute approximate surface area is 162 Å². The summed E-state index contributed by atoms with van der Waals surface area (Å²) in [6.07, 6.45) is 3.92. The Morgan fingerprint density at radius 3 is 1.60 bits per heavy atom. The molecule has 0 radical (unpaired) electrons. The lowest BCUT2D eigenvalue weighted by Gasteiger charge is -2.37. The van der Waals surface area contributed by atoms with Crippen molar-refractivity contribution in [1.82, 2.24) is 0 Å². The van der Waals surface area contributed by atoms with E-state index in [1.807, 2.05) is 0 Å². The van der Waals surface area contributed by atoms with Crippen LogP contribution in [0.25, 0.3) is 0 Å². The number of hydrogen-bond acceptors (Lipinski definition) is 4. The highest BCUT2D eigenvalue weighted by Gasteiger charge is 2.30. The van der Waals surface area contributed by atoms with Crippen LogP contribution in [0.1, 0.15) is 112 Å². The summed E-state index contributed by atoms with van der Waals surface area (Å²) in [4.78, 5) is 11.3. The second kappa shape index (κ2) is 18.9. The molecule has 0 fully saturated rings. The molecule has 0 spiro atoms. The van der Waals surface area contributed by atoms with E-state index in [-0.39, 0.29) is 68.6 Å². The van der Waals surface area contributed by atoms with Crippen molar-refractivity contribution in [3.63, 3.8) is 0 Å². The maximum atomic E-state index is 11.3. The summed E-state index contributed by atoms with van der Waals surface area (Å²) in [6.45, 7) is 13.0. The number of phosphoric acid groups is 1. The van der Waals surface area contributed by atoms with Gasteiger partial charge in [-0.05, 0) is 30.6 Å². The molecule has 164 valence electrons. The molecule has 0 bridgehead atoms. The molecule has 0 aromatic carbocycles. The fraction of sp³-hybridized carbons (Fsp3) is 1.00. The molecule has 0 aromatic heterocycles. The Morgan fingerprint density at radius 1 is 0.840 bits per heavy atom. The van der Waals surface area contributed by atoms with E-state index < -0.39 is 7.82 Å². The minimum atomic E-state index is -4.10. The van der Waals surface area contributed by atoms with Crippen molar-refractivity contribution >= 4 is 7.82 Å². The summed E-state index contributed by atoms with van der Waals surface area (Å²) < 4.78 is 20.8. The summed E-state index contributed by atoms with van der Waals surface area (Å²) in [5.74, 6) is 0. The lowest BCUT2D eigenvalue weighted by Crippen LogP contribution is -2.26. The van der Waals surface area contributed by atoms with E-state index in [1.165, 1.54) is 0 Å². The van der Waals surface area contributed by atoms with Gasteiger partial charge in [0.15, 0.2) is 0 Å². The largest absolute Gasteiger partial charge is 0.756 e. The van der Waals surface area contributed by atoms with Crippen LogP contribution in [0, 0.1) is 10.8 Å². The average Bonchev–Trinajstić information content (AvgIpc) is 2.28. The molecule has 0 N–H and O–H groups in total. The van der Waals surface area contributed by atoms with E-state index in [2.05, 4.69) is 39.1 Å². The summed E-state index contributed by atoms with van der Waals surface area (Å²) in [5.41, 5.74) is 0.373. The molecule has 0 saturated heterocycles. The molecule has 25 heavy (non-hydrogen) atoms. The van der Waals surface area contributed by atoms with Crippen molar-refractivity contribution in [1.29, 1.82) is 0 Å². The summed E-state index contributed by atoms with van der Waals surface area (Å²) >= 11 is 0. The zero-order valence-corrected chi connectivity index (χ0v) is 14.2. The highest BCUT2D eigenvalue weighted by molar-refractivity contribution is 7.45. The molecule has 0 saturated carbocycles. The fourth-order valence-electron chi connectivity index (χ4n) is 2.27. The third kappa shape index (κ3) is 20.3. The van der Waals surface area contributed by atoms with Crippen LogP contribution in [0.5, 0.6) is 0 Å². The smallest absolute Gasteiger partial charge is 0.267 e. The van der Waals surface area contributed by atoms with Crippen molar-refractivity contribution < 1.29 is 18.5 Å². The molecule has 0 amide bonds. The molecule has 2 unspecified atom stereocenters. The molecule has 2 atom stereocenters. The van der Waals surface area contributed by atoms with Crippen LogP contribution in [0.2, 0.25) is 0 Å².